The number of piperidine rings is 1. The van der Waals surface area contributed by atoms with Gasteiger partial charge in [0.15, 0.2) is 0 Å². The third kappa shape index (κ3) is 3.05. The maximum Gasteiger partial charge on any atom is 0.147 e. The van der Waals surface area contributed by atoms with E-state index in [1.807, 2.05) is 12.4 Å². The molecule has 0 spiro atoms. The van der Waals surface area contributed by atoms with E-state index in [4.69, 9.17) is 4.98 Å². The van der Waals surface area contributed by atoms with E-state index in [1.54, 1.807) is 0 Å². The maximum atomic E-state index is 4.72. The fraction of sp³-hybridized carbons (Fsp3) is 0.765. The molecule has 0 aromatic carbocycles. The molecular formula is C17H26N4. The molecule has 4 rings (SSSR count). The van der Waals surface area contributed by atoms with E-state index in [-0.39, 0.29) is 0 Å². The molecule has 0 bridgehead atoms. The zero-order valence-corrected chi connectivity index (χ0v) is 12.8. The van der Waals surface area contributed by atoms with Crippen molar-refractivity contribution in [2.75, 3.05) is 11.4 Å². The van der Waals surface area contributed by atoms with E-state index in [2.05, 4.69) is 15.2 Å². The van der Waals surface area contributed by atoms with Gasteiger partial charge in [-0.3, -0.25) is 4.98 Å². The SMILES string of the molecule is c1nc(N2CCC[C@H]3CCCC[C@H]32)cnc1CNC1CC1. The summed E-state index contributed by atoms with van der Waals surface area (Å²) in [6.07, 6.45) is 14.9. The van der Waals surface area contributed by atoms with Crippen LogP contribution in [0.25, 0.3) is 0 Å². The predicted octanol–water partition coefficient (Wildman–Crippen LogP) is 2.89. The molecule has 0 unspecified atom stereocenters. The van der Waals surface area contributed by atoms with Crippen molar-refractivity contribution in [3.8, 4) is 0 Å². The Hall–Kier alpha value is -1.16. The largest absolute Gasteiger partial charge is 0.352 e. The molecule has 3 fully saturated rings. The van der Waals surface area contributed by atoms with Crippen LogP contribution in [0.3, 0.4) is 0 Å². The summed E-state index contributed by atoms with van der Waals surface area (Å²) in [5, 5.41) is 3.50. The van der Waals surface area contributed by atoms with Crippen LogP contribution in [0.15, 0.2) is 12.4 Å². The highest BCUT2D eigenvalue weighted by Crippen LogP contribution is 2.36. The van der Waals surface area contributed by atoms with Gasteiger partial charge in [-0.1, -0.05) is 12.8 Å². The summed E-state index contributed by atoms with van der Waals surface area (Å²) in [5.74, 6) is 1.99. The molecule has 114 valence electrons. The van der Waals surface area contributed by atoms with Crippen molar-refractivity contribution in [1.82, 2.24) is 15.3 Å². The number of nitrogens with one attached hydrogen (secondary N) is 1. The average molecular weight is 286 g/mol. The molecule has 2 heterocycles. The summed E-state index contributed by atoms with van der Waals surface area (Å²) < 4.78 is 0. The van der Waals surface area contributed by atoms with Gasteiger partial charge in [-0.2, -0.15) is 0 Å². The van der Waals surface area contributed by atoms with Crippen LogP contribution in [0.5, 0.6) is 0 Å². The van der Waals surface area contributed by atoms with E-state index >= 15 is 0 Å². The normalized spacial score (nSPS) is 29.2. The third-order valence-electron chi connectivity index (χ3n) is 5.38. The first kappa shape index (κ1) is 13.5. The van der Waals surface area contributed by atoms with Gasteiger partial charge in [-0.25, -0.2) is 4.98 Å². The summed E-state index contributed by atoms with van der Waals surface area (Å²) in [7, 11) is 0. The topological polar surface area (TPSA) is 41.1 Å². The summed E-state index contributed by atoms with van der Waals surface area (Å²) in [5.41, 5.74) is 1.07. The van der Waals surface area contributed by atoms with Crippen molar-refractivity contribution in [3.05, 3.63) is 18.1 Å². The van der Waals surface area contributed by atoms with E-state index in [1.165, 1.54) is 51.4 Å². The van der Waals surface area contributed by atoms with Gasteiger partial charge in [0.1, 0.15) is 5.82 Å². The second kappa shape index (κ2) is 5.91. The van der Waals surface area contributed by atoms with Crippen LogP contribution in [0.2, 0.25) is 0 Å². The first-order chi connectivity index (χ1) is 10.4. The lowest BCUT2D eigenvalue weighted by atomic mass is 9.78. The molecule has 2 atom stereocenters. The maximum absolute atomic E-state index is 4.72. The Morgan fingerprint density at radius 1 is 1.00 bits per heavy atom. The van der Waals surface area contributed by atoms with E-state index in [0.29, 0.717) is 0 Å². The Morgan fingerprint density at radius 2 is 1.86 bits per heavy atom. The highest BCUT2D eigenvalue weighted by atomic mass is 15.2. The Kier molecular flexibility index (Phi) is 3.80. The van der Waals surface area contributed by atoms with E-state index in [0.717, 1.165) is 42.6 Å². The zero-order chi connectivity index (χ0) is 14.1. The van der Waals surface area contributed by atoms with Crippen molar-refractivity contribution in [1.29, 1.82) is 0 Å². The fourth-order valence-electron chi connectivity index (χ4n) is 4.03. The standard InChI is InChI=1S/C17H26N4/c1-2-6-16-13(4-1)5-3-9-21(16)17-12-19-15(11-20-17)10-18-14-7-8-14/h11-14,16,18H,1-10H2/t13-,16-/m1/s1. The number of nitrogens with zero attached hydrogens (tertiary/aromatic N) is 3. The summed E-state index contributed by atoms with van der Waals surface area (Å²) >= 11 is 0. The first-order valence-electron chi connectivity index (χ1n) is 8.71. The summed E-state index contributed by atoms with van der Waals surface area (Å²) in [6, 6.07) is 1.45. The number of hydrogen-bond donors (Lipinski definition) is 1. The van der Waals surface area contributed by atoms with E-state index < -0.39 is 0 Å². The van der Waals surface area contributed by atoms with Crippen molar-refractivity contribution >= 4 is 5.82 Å². The lowest BCUT2D eigenvalue weighted by molar-refractivity contribution is 0.242. The number of rotatable bonds is 4. The molecule has 2 aliphatic carbocycles. The molecular weight excluding hydrogens is 260 g/mol. The fourth-order valence-corrected chi connectivity index (χ4v) is 4.03. The monoisotopic (exact) mass is 286 g/mol. The van der Waals surface area contributed by atoms with Gasteiger partial charge in [0.05, 0.1) is 18.1 Å². The molecule has 1 aromatic rings. The van der Waals surface area contributed by atoms with Crippen molar-refractivity contribution in [2.45, 2.75) is 70.0 Å². The molecule has 0 amide bonds. The lowest BCUT2D eigenvalue weighted by Crippen LogP contribution is -2.47. The van der Waals surface area contributed by atoms with Crippen LogP contribution in [0, 0.1) is 5.92 Å². The number of aromatic nitrogens is 2. The Balaban J connectivity index is 1.43. The van der Waals surface area contributed by atoms with Crippen LogP contribution < -0.4 is 10.2 Å². The molecule has 1 aromatic heterocycles. The molecule has 21 heavy (non-hydrogen) atoms. The Bertz CT molecular complexity index is 466. The van der Waals surface area contributed by atoms with Crippen molar-refractivity contribution in [2.24, 2.45) is 5.92 Å². The van der Waals surface area contributed by atoms with Crippen LogP contribution in [-0.4, -0.2) is 28.6 Å². The van der Waals surface area contributed by atoms with Gasteiger partial charge in [0.2, 0.25) is 0 Å². The van der Waals surface area contributed by atoms with Crippen LogP contribution in [0.1, 0.15) is 57.1 Å². The third-order valence-corrected chi connectivity index (χ3v) is 5.38. The van der Waals surface area contributed by atoms with Gasteiger partial charge in [0, 0.05) is 25.2 Å². The smallest absolute Gasteiger partial charge is 0.147 e. The summed E-state index contributed by atoms with van der Waals surface area (Å²) in [6.45, 7) is 2.03. The Morgan fingerprint density at radius 3 is 2.67 bits per heavy atom. The van der Waals surface area contributed by atoms with Crippen molar-refractivity contribution < 1.29 is 0 Å². The van der Waals surface area contributed by atoms with Crippen LogP contribution in [0.4, 0.5) is 5.82 Å². The van der Waals surface area contributed by atoms with Gasteiger partial charge in [-0.05, 0) is 44.4 Å². The number of anilines is 1. The molecule has 3 aliphatic rings. The minimum atomic E-state index is 0.720. The molecule has 4 nitrogen and oxygen atoms in total. The van der Waals surface area contributed by atoms with Crippen LogP contribution in [-0.2, 0) is 6.54 Å². The highest BCUT2D eigenvalue weighted by molar-refractivity contribution is 5.38. The van der Waals surface area contributed by atoms with Crippen molar-refractivity contribution in [3.63, 3.8) is 0 Å². The zero-order valence-electron chi connectivity index (χ0n) is 12.8. The number of hydrogen-bond acceptors (Lipinski definition) is 4. The lowest BCUT2D eigenvalue weighted by Gasteiger charge is -2.44. The molecule has 1 N–H and O–H groups in total. The van der Waals surface area contributed by atoms with Gasteiger partial charge < -0.3 is 10.2 Å². The van der Waals surface area contributed by atoms with E-state index in [9.17, 15) is 0 Å². The predicted molar refractivity (Wildman–Crippen MR) is 84.2 cm³/mol. The van der Waals surface area contributed by atoms with Gasteiger partial charge in [-0.15, -0.1) is 0 Å². The minimum Gasteiger partial charge on any atom is -0.352 e. The average Bonchev–Trinajstić information content (AvgIpc) is 3.37. The Labute approximate surface area is 127 Å². The molecule has 4 heteroatoms. The van der Waals surface area contributed by atoms with Gasteiger partial charge in [0.25, 0.3) is 0 Å². The molecule has 1 aliphatic heterocycles. The number of fused-ring (bicyclic) bond motifs is 1. The molecule has 2 saturated carbocycles. The molecule has 1 saturated heterocycles. The second-order valence-electron chi connectivity index (χ2n) is 6.97. The molecule has 0 radical (unpaired) electrons. The second-order valence-corrected chi connectivity index (χ2v) is 6.97. The quantitative estimate of drug-likeness (QED) is 0.924. The first-order valence-corrected chi connectivity index (χ1v) is 8.71. The highest BCUT2D eigenvalue weighted by Gasteiger charge is 2.33. The van der Waals surface area contributed by atoms with Gasteiger partial charge >= 0.3 is 0 Å². The summed E-state index contributed by atoms with van der Waals surface area (Å²) in [4.78, 5) is 11.9. The minimum absolute atomic E-state index is 0.720. The van der Waals surface area contributed by atoms with Crippen LogP contribution >= 0.6 is 0 Å².